The van der Waals surface area contributed by atoms with Crippen LogP contribution in [0.3, 0.4) is 0 Å². The molecule has 2 heterocycles. The first-order chi connectivity index (χ1) is 10.5. The van der Waals surface area contributed by atoms with Crippen LogP contribution in [0, 0.1) is 0 Å². The topological polar surface area (TPSA) is 99.4 Å². The minimum absolute atomic E-state index is 0.342. The molecule has 1 spiro atoms. The number of hydrogen-bond acceptors (Lipinski definition) is 6. The predicted octanol–water partition coefficient (Wildman–Crippen LogP) is -0.256. The second-order valence-electron chi connectivity index (χ2n) is 5.97. The number of aliphatic hydroxyl groups excluding tert-OH is 4. The van der Waals surface area contributed by atoms with E-state index in [1.807, 2.05) is 12.1 Å². The van der Waals surface area contributed by atoms with E-state index in [1.54, 1.807) is 0 Å². The first-order valence-corrected chi connectivity index (χ1v) is 7.64. The van der Waals surface area contributed by atoms with Gasteiger partial charge in [0.1, 0.15) is 30.2 Å². The number of fused-ring (bicyclic) bond motifs is 1. The molecule has 1 aromatic rings. The molecule has 3 rings (SSSR count). The summed E-state index contributed by atoms with van der Waals surface area (Å²) in [5, 5.41) is 39.5. The van der Waals surface area contributed by atoms with Crippen molar-refractivity contribution < 1.29 is 29.9 Å². The van der Waals surface area contributed by atoms with E-state index < -0.39 is 36.8 Å². The van der Waals surface area contributed by atoms with Gasteiger partial charge in [-0.1, -0.05) is 19.1 Å². The molecule has 6 nitrogen and oxygen atoms in total. The molecular weight excluding hydrogens is 288 g/mol. The molecule has 5 atom stereocenters. The summed E-state index contributed by atoms with van der Waals surface area (Å²) in [5.74, 6) is -0.838. The summed E-state index contributed by atoms with van der Waals surface area (Å²) in [6.07, 6.45) is -3.26. The third-order valence-electron chi connectivity index (χ3n) is 4.59. The molecule has 1 aromatic carbocycles. The molecule has 0 aromatic heterocycles. The number of hydrogen-bond donors (Lipinski definition) is 4. The zero-order chi connectivity index (χ0) is 15.9. The van der Waals surface area contributed by atoms with Crippen molar-refractivity contribution in [2.24, 2.45) is 0 Å². The van der Waals surface area contributed by atoms with Crippen molar-refractivity contribution in [1.29, 1.82) is 0 Å². The van der Waals surface area contributed by atoms with E-state index in [2.05, 4.69) is 13.0 Å². The maximum absolute atomic E-state index is 10.3. The highest BCUT2D eigenvalue weighted by Crippen LogP contribution is 2.41. The molecule has 0 amide bonds. The molecule has 0 saturated carbocycles. The normalized spacial score (nSPS) is 37.7. The van der Waals surface area contributed by atoms with Crippen molar-refractivity contribution in [3.8, 4) is 5.75 Å². The average Bonchev–Trinajstić information content (AvgIpc) is 2.56. The molecule has 0 radical (unpaired) electrons. The maximum atomic E-state index is 10.3. The maximum Gasteiger partial charge on any atom is 0.240 e. The van der Waals surface area contributed by atoms with Crippen LogP contribution >= 0.6 is 0 Å². The minimum atomic E-state index is -1.44. The SMILES string of the molecule is CCc1ccc2c(c1)CCC1(O2)OC(CO)C(O)C(O)C1O. The van der Waals surface area contributed by atoms with E-state index in [-0.39, 0.29) is 0 Å². The fourth-order valence-corrected chi connectivity index (χ4v) is 3.19. The Morgan fingerprint density at radius 2 is 2.00 bits per heavy atom. The Labute approximate surface area is 128 Å². The summed E-state index contributed by atoms with van der Waals surface area (Å²) in [4.78, 5) is 0. The minimum Gasteiger partial charge on any atom is -0.459 e. The summed E-state index contributed by atoms with van der Waals surface area (Å²) in [7, 11) is 0. The Balaban J connectivity index is 1.90. The molecule has 6 heteroatoms. The van der Waals surface area contributed by atoms with Crippen molar-refractivity contribution in [2.45, 2.75) is 56.4 Å². The summed E-state index contributed by atoms with van der Waals surface area (Å²) in [6, 6.07) is 5.84. The molecule has 2 aliphatic heterocycles. The molecule has 122 valence electrons. The summed E-state index contributed by atoms with van der Waals surface area (Å²) >= 11 is 0. The first kappa shape index (κ1) is 15.7. The smallest absolute Gasteiger partial charge is 0.240 e. The van der Waals surface area contributed by atoms with Gasteiger partial charge in [-0.15, -0.1) is 0 Å². The van der Waals surface area contributed by atoms with Gasteiger partial charge in [-0.25, -0.2) is 0 Å². The largest absolute Gasteiger partial charge is 0.459 e. The zero-order valence-electron chi connectivity index (χ0n) is 12.5. The van der Waals surface area contributed by atoms with Crippen LogP contribution in [0.5, 0.6) is 5.75 Å². The van der Waals surface area contributed by atoms with Crippen molar-refractivity contribution in [2.75, 3.05) is 6.61 Å². The highest BCUT2D eigenvalue weighted by Gasteiger charge is 2.56. The van der Waals surface area contributed by atoms with E-state index in [0.717, 1.165) is 12.0 Å². The lowest BCUT2D eigenvalue weighted by Gasteiger charge is -2.49. The van der Waals surface area contributed by atoms with Gasteiger partial charge >= 0.3 is 0 Å². The summed E-state index contributed by atoms with van der Waals surface area (Å²) in [5.41, 5.74) is 2.23. The Kier molecular flexibility index (Phi) is 4.13. The van der Waals surface area contributed by atoms with Crippen LogP contribution in [0.15, 0.2) is 18.2 Å². The zero-order valence-corrected chi connectivity index (χ0v) is 12.5. The lowest BCUT2D eigenvalue weighted by Crippen LogP contribution is -2.68. The molecule has 1 fully saturated rings. The van der Waals surface area contributed by atoms with Gasteiger partial charge in [0, 0.05) is 6.42 Å². The fraction of sp³-hybridized carbons (Fsp3) is 0.625. The van der Waals surface area contributed by atoms with Crippen molar-refractivity contribution in [3.63, 3.8) is 0 Å². The summed E-state index contributed by atoms with van der Waals surface area (Å²) < 4.78 is 11.5. The number of aliphatic hydroxyl groups is 4. The Hall–Kier alpha value is -1.18. The monoisotopic (exact) mass is 310 g/mol. The molecule has 2 aliphatic rings. The van der Waals surface area contributed by atoms with Crippen LogP contribution in [0.1, 0.15) is 24.5 Å². The average molecular weight is 310 g/mol. The third-order valence-corrected chi connectivity index (χ3v) is 4.59. The van der Waals surface area contributed by atoms with Gasteiger partial charge in [-0.05, 0) is 30.0 Å². The fourth-order valence-electron chi connectivity index (χ4n) is 3.19. The molecule has 1 saturated heterocycles. The van der Waals surface area contributed by atoms with Crippen LogP contribution in [-0.4, -0.2) is 57.2 Å². The predicted molar refractivity (Wildman–Crippen MR) is 77.5 cm³/mol. The Morgan fingerprint density at radius 3 is 2.68 bits per heavy atom. The van der Waals surface area contributed by atoms with Gasteiger partial charge in [-0.2, -0.15) is 0 Å². The molecule has 0 aliphatic carbocycles. The molecule has 0 bridgehead atoms. The number of aryl methyl sites for hydroxylation is 2. The van der Waals surface area contributed by atoms with Gasteiger partial charge in [0.25, 0.3) is 0 Å². The standard InChI is InChI=1S/C16H22O6/c1-2-9-3-4-11-10(7-9)5-6-16(21-11)15(20)14(19)13(18)12(8-17)22-16/h3-4,7,12-15,17-20H,2,5-6,8H2,1H3. The first-order valence-electron chi connectivity index (χ1n) is 7.64. The third kappa shape index (κ3) is 2.41. The molecule has 5 unspecified atom stereocenters. The number of rotatable bonds is 2. The lowest BCUT2D eigenvalue weighted by molar-refractivity contribution is -0.342. The van der Waals surface area contributed by atoms with Gasteiger partial charge in [0.05, 0.1) is 6.61 Å². The Bertz CT molecular complexity index is 545. The van der Waals surface area contributed by atoms with Crippen molar-refractivity contribution in [1.82, 2.24) is 0 Å². The van der Waals surface area contributed by atoms with Crippen molar-refractivity contribution >= 4 is 0 Å². The van der Waals surface area contributed by atoms with E-state index in [0.29, 0.717) is 18.6 Å². The molecule has 4 N–H and O–H groups in total. The van der Waals surface area contributed by atoms with Crippen molar-refractivity contribution in [3.05, 3.63) is 29.3 Å². The van der Waals surface area contributed by atoms with Gasteiger partial charge in [0.15, 0.2) is 0 Å². The number of ether oxygens (including phenoxy) is 2. The van der Waals surface area contributed by atoms with Crippen LogP contribution in [0.2, 0.25) is 0 Å². The van der Waals surface area contributed by atoms with Crippen LogP contribution < -0.4 is 4.74 Å². The van der Waals surface area contributed by atoms with E-state index in [9.17, 15) is 20.4 Å². The highest BCUT2D eigenvalue weighted by atomic mass is 16.7. The second kappa shape index (κ2) is 5.79. The highest BCUT2D eigenvalue weighted by molar-refractivity contribution is 5.39. The number of benzene rings is 1. The van der Waals surface area contributed by atoms with Gasteiger partial charge in [-0.3, -0.25) is 0 Å². The summed E-state index contributed by atoms with van der Waals surface area (Å²) in [6.45, 7) is 1.61. The van der Waals surface area contributed by atoms with Gasteiger partial charge in [0.2, 0.25) is 5.79 Å². The Morgan fingerprint density at radius 1 is 1.23 bits per heavy atom. The van der Waals surface area contributed by atoms with Crippen LogP contribution in [-0.2, 0) is 17.6 Å². The quantitative estimate of drug-likeness (QED) is 0.601. The van der Waals surface area contributed by atoms with E-state index in [4.69, 9.17) is 9.47 Å². The van der Waals surface area contributed by atoms with Crippen LogP contribution in [0.25, 0.3) is 0 Å². The second-order valence-corrected chi connectivity index (χ2v) is 5.97. The lowest BCUT2D eigenvalue weighted by atomic mass is 9.86. The van der Waals surface area contributed by atoms with Crippen LogP contribution in [0.4, 0.5) is 0 Å². The van der Waals surface area contributed by atoms with E-state index in [1.165, 1.54) is 5.56 Å². The van der Waals surface area contributed by atoms with E-state index >= 15 is 0 Å². The molecular formula is C16H22O6. The molecule has 22 heavy (non-hydrogen) atoms. The van der Waals surface area contributed by atoms with Gasteiger partial charge < -0.3 is 29.9 Å².